The van der Waals surface area contributed by atoms with Gasteiger partial charge in [-0.25, -0.2) is 8.42 Å². The smallest absolute Gasteiger partial charge is 0.243 e. The zero-order chi connectivity index (χ0) is 15.3. The Balaban J connectivity index is 2.21. The molecule has 2 rings (SSSR count). The number of morpholine rings is 1. The van der Waals surface area contributed by atoms with Crippen molar-refractivity contribution in [3.8, 4) is 0 Å². The van der Waals surface area contributed by atoms with Gasteiger partial charge in [-0.15, -0.1) is 6.58 Å². The minimum absolute atomic E-state index is 0.0721. The number of hydrogen-bond acceptors (Lipinski definition) is 4. The summed E-state index contributed by atoms with van der Waals surface area (Å²) in [5.74, 6) is 0. The quantitative estimate of drug-likeness (QED) is 0.810. The van der Waals surface area contributed by atoms with Crippen LogP contribution in [0.5, 0.6) is 0 Å². The Morgan fingerprint density at radius 1 is 1.43 bits per heavy atom. The lowest BCUT2D eigenvalue weighted by Crippen LogP contribution is -2.40. The van der Waals surface area contributed by atoms with Gasteiger partial charge in [0.15, 0.2) is 0 Å². The Morgan fingerprint density at radius 2 is 2.14 bits per heavy atom. The second-order valence-electron chi connectivity index (χ2n) is 5.01. The van der Waals surface area contributed by atoms with E-state index in [1.807, 2.05) is 13.0 Å². The van der Waals surface area contributed by atoms with Gasteiger partial charge in [0.05, 0.1) is 18.1 Å². The highest BCUT2D eigenvalue weighted by atomic mass is 32.2. The minimum Gasteiger partial charge on any atom is -0.379 e. The molecule has 1 atom stereocenters. The van der Waals surface area contributed by atoms with E-state index in [0.717, 1.165) is 5.56 Å². The first-order chi connectivity index (χ1) is 10.1. The predicted octanol–water partition coefficient (Wildman–Crippen LogP) is 1.54. The van der Waals surface area contributed by atoms with Gasteiger partial charge in [-0.1, -0.05) is 18.2 Å². The second kappa shape index (κ2) is 7.17. The van der Waals surface area contributed by atoms with Gasteiger partial charge in [0.2, 0.25) is 10.0 Å². The van der Waals surface area contributed by atoms with Crippen molar-refractivity contribution in [3.05, 3.63) is 42.5 Å². The SMILES string of the molecule is C=CCN[C@@H](C)c1cccc(S(=O)(=O)N2CCOCC2)c1. The van der Waals surface area contributed by atoms with E-state index in [0.29, 0.717) is 37.7 Å². The number of rotatable bonds is 6. The molecule has 1 aliphatic rings. The molecule has 1 aliphatic heterocycles. The third-order valence-corrected chi connectivity index (χ3v) is 5.43. The molecule has 1 fully saturated rings. The first-order valence-electron chi connectivity index (χ1n) is 7.08. The average molecular weight is 310 g/mol. The highest BCUT2D eigenvalue weighted by molar-refractivity contribution is 7.89. The van der Waals surface area contributed by atoms with Crippen LogP contribution in [0, 0.1) is 0 Å². The summed E-state index contributed by atoms with van der Waals surface area (Å²) < 4.78 is 31.9. The number of nitrogens with zero attached hydrogens (tertiary/aromatic N) is 1. The molecular formula is C15H22N2O3S. The van der Waals surface area contributed by atoms with E-state index in [1.165, 1.54) is 4.31 Å². The van der Waals surface area contributed by atoms with Crippen molar-refractivity contribution in [3.63, 3.8) is 0 Å². The summed E-state index contributed by atoms with van der Waals surface area (Å²) in [6.45, 7) is 8.09. The van der Waals surface area contributed by atoms with Gasteiger partial charge in [-0.2, -0.15) is 4.31 Å². The molecule has 116 valence electrons. The molecule has 1 aromatic carbocycles. The van der Waals surface area contributed by atoms with Crippen LogP contribution in [0.1, 0.15) is 18.5 Å². The van der Waals surface area contributed by atoms with E-state index < -0.39 is 10.0 Å². The van der Waals surface area contributed by atoms with Gasteiger partial charge < -0.3 is 10.1 Å². The van der Waals surface area contributed by atoms with Crippen LogP contribution in [0.2, 0.25) is 0 Å². The first-order valence-corrected chi connectivity index (χ1v) is 8.52. The van der Waals surface area contributed by atoms with E-state index >= 15 is 0 Å². The fourth-order valence-corrected chi connectivity index (χ4v) is 3.72. The van der Waals surface area contributed by atoms with Crippen LogP contribution in [-0.4, -0.2) is 45.6 Å². The van der Waals surface area contributed by atoms with Crippen molar-refractivity contribution in [2.24, 2.45) is 0 Å². The molecular weight excluding hydrogens is 288 g/mol. The van der Waals surface area contributed by atoms with Crippen molar-refractivity contribution < 1.29 is 13.2 Å². The Labute approximate surface area is 126 Å². The van der Waals surface area contributed by atoms with Gasteiger partial charge in [-0.3, -0.25) is 0 Å². The molecule has 6 heteroatoms. The third kappa shape index (κ3) is 3.91. The molecule has 0 saturated carbocycles. The molecule has 0 amide bonds. The van der Waals surface area contributed by atoms with Crippen molar-refractivity contribution in [2.75, 3.05) is 32.8 Å². The molecule has 21 heavy (non-hydrogen) atoms. The van der Waals surface area contributed by atoms with Crippen LogP contribution in [-0.2, 0) is 14.8 Å². The molecule has 5 nitrogen and oxygen atoms in total. The Hall–Kier alpha value is -1.21. The maximum Gasteiger partial charge on any atom is 0.243 e. The lowest BCUT2D eigenvalue weighted by atomic mass is 10.1. The molecule has 0 unspecified atom stereocenters. The van der Waals surface area contributed by atoms with Gasteiger partial charge in [0, 0.05) is 25.7 Å². The predicted molar refractivity (Wildman–Crippen MR) is 82.6 cm³/mol. The van der Waals surface area contributed by atoms with Crippen LogP contribution in [0.15, 0.2) is 41.8 Å². The third-order valence-electron chi connectivity index (χ3n) is 3.53. The fraction of sp³-hybridized carbons (Fsp3) is 0.467. The molecule has 1 heterocycles. The molecule has 0 radical (unpaired) electrons. The summed E-state index contributed by atoms with van der Waals surface area (Å²) in [5.41, 5.74) is 0.950. The number of ether oxygens (including phenoxy) is 1. The van der Waals surface area contributed by atoms with Gasteiger partial charge in [0.25, 0.3) is 0 Å². The Morgan fingerprint density at radius 3 is 2.81 bits per heavy atom. The number of sulfonamides is 1. The van der Waals surface area contributed by atoms with Crippen molar-refractivity contribution in [1.29, 1.82) is 0 Å². The average Bonchev–Trinajstić information content (AvgIpc) is 2.53. The second-order valence-corrected chi connectivity index (χ2v) is 6.95. The summed E-state index contributed by atoms with van der Waals surface area (Å²) in [5, 5.41) is 3.26. The summed E-state index contributed by atoms with van der Waals surface area (Å²) in [6.07, 6.45) is 1.78. The minimum atomic E-state index is -3.43. The van der Waals surface area contributed by atoms with Crippen molar-refractivity contribution in [1.82, 2.24) is 9.62 Å². The molecule has 0 aromatic heterocycles. The molecule has 1 aromatic rings. The molecule has 1 N–H and O–H groups in total. The number of benzene rings is 1. The lowest BCUT2D eigenvalue weighted by molar-refractivity contribution is 0.0730. The highest BCUT2D eigenvalue weighted by Gasteiger charge is 2.26. The van der Waals surface area contributed by atoms with Gasteiger partial charge >= 0.3 is 0 Å². The summed E-state index contributed by atoms with van der Waals surface area (Å²) >= 11 is 0. The van der Waals surface area contributed by atoms with Crippen LogP contribution in [0.25, 0.3) is 0 Å². The summed E-state index contributed by atoms with van der Waals surface area (Å²) in [6, 6.07) is 7.18. The summed E-state index contributed by atoms with van der Waals surface area (Å²) in [4.78, 5) is 0.342. The first kappa shape index (κ1) is 16.2. The Bertz CT molecular complexity index is 580. The topological polar surface area (TPSA) is 58.6 Å². The maximum absolute atomic E-state index is 12.6. The van der Waals surface area contributed by atoms with Gasteiger partial charge in [-0.05, 0) is 24.6 Å². The molecule has 0 aliphatic carbocycles. The van der Waals surface area contributed by atoms with Crippen molar-refractivity contribution >= 4 is 10.0 Å². The van der Waals surface area contributed by atoms with E-state index in [9.17, 15) is 8.42 Å². The van der Waals surface area contributed by atoms with Crippen LogP contribution in [0.4, 0.5) is 0 Å². The fourth-order valence-electron chi connectivity index (χ4n) is 2.26. The van der Waals surface area contributed by atoms with Gasteiger partial charge in [0.1, 0.15) is 0 Å². The summed E-state index contributed by atoms with van der Waals surface area (Å²) in [7, 11) is -3.43. The normalized spacial score (nSPS) is 18.3. The zero-order valence-electron chi connectivity index (χ0n) is 12.3. The molecule has 0 spiro atoms. The largest absolute Gasteiger partial charge is 0.379 e. The number of hydrogen-bond donors (Lipinski definition) is 1. The van der Waals surface area contributed by atoms with Crippen molar-refractivity contribution in [2.45, 2.75) is 17.9 Å². The molecule has 0 bridgehead atoms. The van der Waals surface area contributed by atoms with Crippen LogP contribution in [0.3, 0.4) is 0 Å². The zero-order valence-corrected chi connectivity index (χ0v) is 13.1. The molecule has 1 saturated heterocycles. The maximum atomic E-state index is 12.6. The van der Waals surface area contributed by atoms with E-state index in [-0.39, 0.29) is 6.04 Å². The van der Waals surface area contributed by atoms with Crippen LogP contribution < -0.4 is 5.32 Å². The van der Waals surface area contributed by atoms with E-state index in [2.05, 4.69) is 11.9 Å². The van der Waals surface area contributed by atoms with Crippen LogP contribution >= 0.6 is 0 Å². The highest BCUT2D eigenvalue weighted by Crippen LogP contribution is 2.21. The van der Waals surface area contributed by atoms with E-state index in [1.54, 1.807) is 24.3 Å². The van der Waals surface area contributed by atoms with E-state index in [4.69, 9.17) is 4.74 Å². The number of nitrogens with one attached hydrogen (secondary N) is 1. The lowest BCUT2D eigenvalue weighted by Gasteiger charge is -2.26. The Kier molecular flexibility index (Phi) is 5.52. The monoisotopic (exact) mass is 310 g/mol. The standard InChI is InChI=1S/C15H22N2O3S/c1-3-7-16-13(2)14-5-4-6-15(12-14)21(18,19)17-8-10-20-11-9-17/h3-6,12-13,16H,1,7-11H2,2H3/t13-/m0/s1.